The molecule has 1 atom stereocenters. The molecule has 1 unspecified atom stereocenters. The largest absolute Gasteiger partial charge is 0.495 e. The van der Waals surface area contributed by atoms with Gasteiger partial charge in [-0.05, 0) is 37.6 Å². The van der Waals surface area contributed by atoms with Crippen molar-refractivity contribution in [3.05, 3.63) is 24.2 Å². The van der Waals surface area contributed by atoms with Gasteiger partial charge in [0.1, 0.15) is 11.6 Å². The van der Waals surface area contributed by atoms with Gasteiger partial charge in [0, 0.05) is 13.0 Å². The first-order valence-electron chi connectivity index (χ1n) is 6.90. The fourth-order valence-corrected chi connectivity index (χ4v) is 2.80. The molecule has 0 spiro atoms. The van der Waals surface area contributed by atoms with Crippen molar-refractivity contribution in [1.29, 1.82) is 0 Å². The Balaban J connectivity index is 1.81. The van der Waals surface area contributed by atoms with E-state index in [4.69, 9.17) is 4.74 Å². The molecule has 102 valence electrons. The van der Waals surface area contributed by atoms with Crippen LogP contribution >= 0.6 is 0 Å². The van der Waals surface area contributed by atoms with Gasteiger partial charge in [-0.1, -0.05) is 6.92 Å². The quantitative estimate of drug-likeness (QED) is 0.838. The van der Waals surface area contributed by atoms with Crippen molar-refractivity contribution in [3.63, 3.8) is 0 Å². The highest BCUT2D eigenvalue weighted by Gasteiger charge is 2.23. The standard InChI is InChI=1S/C14H20N4O/c1-3-17-7-6-11(9-17)8-14-16-15-13-5-4-12(19-2)10-18(13)14/h4-5,10-11H,3,6-9H2,1-2H3. The maximum absolute atomic E-state index is 5.27. The molecule has 0 N–H and O–H groups in total. The maximum Gasteiger partial charge on any atom is 0.161 e. The average molecular weight is 260 g/mol. The van der Waals surface area contributed by atoms with Crippen molar-refractivity contribution in [3.8, 4) is 5.75 Å². The van der Waals surface area contributed by atoms with E-state index in [9.17, 15) is 0 Å². The molecule has 0 aromatic carbocycles. The third kappa shape index (κ3) is 2.42. The van der Waals surface area contributed by atoms with E-state index in [-0.39, 0.29) is 0 Å². The fraction of sp³-hybridized carbons (Fsp3) is 0.571. The number of rotatable bonds is 4. The van der Waals surface area contributed by atoms with E-state index < -0.39 is 0 Å². The molecule has 3 rings (SSSR count). The number of methoxy groups -OCH3 is 1. The molecule has 0 saturated carbocycles. The molecule has 0 aliphatic carbocycles. The van der Waals surface area contributed by atoms with Crippen LogP contribution in [0.15, 0.2) is 18.3 Å². The smallest absolute Gasteiger partial charge is 0.161 e. The van der Waals surface area contributed by atoms with Gasteiger partial charge in [0.2, 0.25) is 0 Å². The molecule has 1 saturated heterocycles. The molecule has 5 nitrogen and oxygen atoms in total. The Bertz CT molecular complexity index is 566. The summed E-state index contributed by atoms with van der Waals surface area (Å²) in [4.78, 5) is 2.49. The molecule has 5 heteroatoms. The number of fused-ring (bicyclic) bond motifs is 1. The third-order valence-electron chi connectivity index (χ3n) is 3.97. The van der Waals surface area contributed by atoms with Crippen molar-refractivity contribution in [2.45, 2.75) is 19.8 Å². The summed E-state index contributed by atoms with van der Waals surface area (Å²) >= 11 is 0. The van der Waals surface area contributed by atoms with Crippen molar-refractivity contribution < 1.29 is 4.74 Å². The van der Waals surface area contributed by atoms with Gasteiger partial charge < -0.3 is 9.64 Å². The van der Waals surface area contributed by atoms with Crippen LogP contribution in [-0.4, -0.2) is 46.2 Å². The number of hydrogen-bond donors (Lipinski definition) is 0. The summed E-state index contributed by atoms with van der Waals surface area (Å²) in [6.07, 6.45) is 4.22. The minimum Gasteiger partial charge on any atom is -0.495 e. The first-order chi connectivity index (χ1) is 9.30. The van der Waals surface area contributed by atoms with Gasteiger partial charge in [0.15, 0.2) is 5.65 Å². The lowest BCUT2D eigenvalue weighted by Crippen LogP contribution is -2.20. The molecule has 3 heterocycles. The highest BCUT2D eigenvalue weighted by Crippen LogP contribution is 2.21. The normalized spacial score (nSPS) is 20.2. The van der Waals surface area contributed by atoms with Gasteiger partial charge in [0.05, 0.1) is 13.3 Å². The van der Waals surface area contributed by atoms with Crippen LogP contribution in [0.5, 0.6) is 5.75 Å². The van der Waals surface area contributed by atoms with E-state index in [1.165, 1.54) is 19.5 Å². The van der Waals surface area contributed by atoms with E-state index in [0.29, 0.717) is 5.92 Å². The number of likely N-dealkylation sites (tertiary alicyclic amines) is 1. The van der Waals surface area contributed by atoms with Crippen molar-refractivity contribution in [2.75, 3.05) is 26.7 Å². The van der Waals surface area contributed by atoms with Crippen molar-refractivity contribution in [2.24, 2.45) is 5.92 Å². The number of nitrogens with zero attached hydrogens (tertiary/aromatic N) is 4. The number of hydrogen-bond acceptors (Lipinski definition) is 4. The molecule has 1 aliphatic rings. The highest BCUT2D eigenvalue weighted by atomic mass is 16.5. The van der Waals surface area contributed by atoms with Gasteiger partial charge in [-0.2, -0.15) is 0 Å². The third-order valence-corrected chi connectivity index (χ3v) is 3.97. The Morgan fingerprint density at radius 3 is 3.00 bits per heavy atom. The first kappa shape index (κ1) is 12.4. The molecule has 1 aliphatic heterocycles. The molecule has 0 bridgehead atoms. The second-order valence-electron chi connectivity index (χ2n) is 5.17. The second kappa shape index (κ2) is 5.17. The van der Waals surface area contributed by atoms with Crippen LogP contribution < -0.4 is 4.74 Å². The van der Waals surface area contributed by atoms with Gasteiger partial charge in [0.25, 0.3) is 0 Å². The first-order valence-corrected chi connectivity index (χ1v) is 6.90. The Morgan fingerprint density at radius 1 is 1.37 bits per heavy atom. The van der Waals surface area contributed by atoms with Gasteiger partial charge >= 0.3 is 0 Å². The molecule has 19 heavy (non-hydrogen) atoms. The van der Waals surface area contributed by atoms with E-state index in [2.05, 4.69) is 22.0 Å². The predicted molar refractivity (Wildman–Crippen MR) is 73.5 cm³/mol. The summed E-state index contributed by atoms with van der Waals surface area (Å²) in [7, 11) is 1.68. The van der Waals surface area contributed by atoms with Crippen LogP contribution in [0.4, 0.5) is 0 Å². The highest BCUT2D eigenvalue weighted by molar-refractivity contribution is 5.41. The molecular weight excluding hydrogens is 240 g/mol. The Kier molecular flexibility index (Phi) is 3.38. The lowest BCUT2D eigenvalue weighted by atomic mass is 10.0. The van der Waals surface area contributed by atoms with Crippen molar-refractivity contribution in [1.82, 2.24) is 19.5 Å². The van der Waals surface area contributed by atoms with E-state index in [1.54, 1.807) is 7.11 Å². The van der Waals surface area contributed by atoms with Crippen LogP contribution in [0.1, 0.15) is 19.2 Å². The lowest BCUT2D eigenvalue weighted by Gasteiger charge is -2.12. The van der Waals surface area contributed by atoms with Crippen LogP contribution in [0.3, 0.4) is 0 Å². The molecular formula is C14H20N4O. The number of ether oxygens (including phenoxy) is 1. The van der Waals surface area contributed by atoms with Crippen molar-refractivity contribution >= 4 is 5.65 Å². The summed E-state index contributed by atoms with van der Waals surface area (Å²) in [5.74, 6) is 2.57. The summed E-state index contributed by atoms with van der Waals surface area (Å²) in [5.41, 5.74) is 0.890. The predicted octanol–water partition coefficient (Wildman–Crippen LogP) is 1.62. The number of pyridine rings is 1. The average Bonchev–Trinajstić information content (AvgIpc) is 3.06. The van der Waals surface area contributed by atoms with Gasteiger partial charge in [-0.25, -0.2) is 0 Å². The summed E-state index contributed by atoms with van der Waals surface area (Å²) in [5, 5.41) is 8.54. The van der Waals surface area contributed by atoms with E-state index >= 15 is 0 Å². The Hall–Kier alpha value is -1.62. The lowest BCUT2D eigenvalue weighted by molar-refractivity contribution is 0.340. The Morgan fingerprint density at radius 2 is 2.26 bits per heavy atom. The van der Waals surface area contributed by atoms with Crippen LogP contribution in [-0.2, 0) is 6.42 Å². The summed E-state index contributed by atoms with van der Waals surface area (Å²) in [6, 6.07) is 3.87. The SMILES string of the molecule is CCN1CCC(Cc2nnc3ccc(OC)cn23)C1. The zero-order valence-electron chi connectivity index (χ0n) is 11.5. The van der Waals surface area contributed by atoms with E-state index in [1.807, 2.05) is 22.7 Å². The topological polar surface area (TPSA) is 42.7 Å². The maximum atomic E-state index is 5.27. The monoisotopic (exact) mass is 260 g/mol. The zero-order valence-corrected chi connectivity index (χ0v) is 11.5. The van der Waals surface area contributed by atoms with Crippen LogP contribution in [0.2, 0.25) is 0 Å². The minimum atomic E-state index is 0.693. The van der Waals surface area contributed by atoms with Gasteiger partial charge in [-0.3, -0.25) is 4.40 Å². The van der Waals surface area contributed by atoms with E-state index in [0.717, 1.165) is 30.2 Å². The molecule has 0 amide bonds. The Labute approximate surface area is 113 Å². The second-order valence-corrected chi connectivity index (χ2v) is 5.17. The molecule has 2 aromatic heterocycles. The van der Waals surface area contributed by atoms with Gasteiger partial charge in [-0.15, -0.1) is 10.2 Å². The molecule has 2 aromatic rings. The summed E-state index contributed by atoms with van der Waals surface area (Å²) in [6.45, 7) is 5.75. The fourth-order valence-electron chi connectivity index (χ4n) is 2.80. The summed E-state index contributed by atoms with van der Waals surface area (Å²) < 4.78 is 7.32. The van der Waals surface area contributed by atoms with Crippen LogP contribution in [0.25, 0.3) is 5.65 Å². The molecule has 0 radical (unpaired) electrons. The molecule has 1 fully saturated rings. The van der Waals surface area contributed by atoms with Crippen LogP contribution in [0, 0.1) is 5.92 Å². The minimum absolute atomic E-state index is 0.693. The zero-order chi connectivity index (χ0) is 13.2. The number of aromatic nitrogens is 3.